The van der Waals surface area contributed by atoms with Gasteiger partial charge < -0.3 is 20.3 Å². The van der Waals surface area contributed by atoms with Gasteiger partial charge in [0, 0.05) is 5.69 Å². The van der Waals surface area contributed by atoms with Gasteiger partial charge in [0.1, 0.15) is 0 Å². The molecule has 1 unspecified atom stereocenters. The Morgan fingerprint density at radius 2 is 1.80 bits per heavy atom. The predicted molar refractivity (Wildman–Crippen MR) is 98.3 cm³/mol. The first-order chi connectivity index (χ1) is 12.0. The Hall–Kier alpha value is -2.69. The minimum atomic E-state index is -0.867. The van der Waals surface area contributed by atoms with Crippen LogP contribution < -0.4 is 15.2 Å². The fourth-order valence-corrected chi connectivity index (χ4v) is 2.59. The molecule has 3 N–H and O–H groups in total. The second-order valence-electron chi connectivity index (χ2n) is 5.82. The van der Waals surface area contributed by atoms with Gasteiger partial charge >= 0.3 is 5.97 Å². The van der Waals surface area contributed by atoms with E-state index in [-0.39, 0.29) is 0 Å². The lowest BCUT2D eigenvalue weighted by molar-refractivity contribution is -0.138. The maximum atomic E-state index is 11.7. The third kappa shape index (κ3) is 5.14. The normalized spacial score (nSPS) is 11.8. The van der Waals surface area contributed by atoms with Crippen LogP contribution in [0.4, 0.5) is 5.69 Å². The summed E-state index contributed by atoms with van der Waals surface area (Å²) in [4.78, 5) is 11.7. The zero-order chi connectivity index (χ0) is 18.2. The summed E-state index contributed by atoms with van der Waals surface area (Å²) in [6, 6.07) is 12.6. The highest BCUT2D eigenvalue weighted by Gasteiger charge is 2.21. The summed E-state index contributed by atoms with van der Waals surface area (Å²) in [5.74, 6) is -0.173. The Morgan fingerprint density at radius 3 is 2.40 bits per heavy atom. The van der Waals surface area contributed by atoms with Gasteiger partial charge in [-0.1, -0.05) is 25.1 Å². The molecule has 0 aliphatic rings. The van der Waals surface area contributed by atoms with Gasteiger partial charge in [-0.05, 0) is 55.2 Å². The average molecular weight is 343 g/mol. The van der Waals surface area contributed by atoms with Crippen LogP contribution in [0.15, 0.2) is 42.5 Å². The highest BCUT2D eigenvalue weighted by molar-refractivity contribution is 5.76. The van der Waals surface area contributed by atoms with E-state index in [4.69, 9.17) is 15.2 Å². The molecule has 0 fully saturated rings. The van der Waals surface area contributed by atoms with E-state index in [9.17, 15) is 9.90 Å². The molecule has 0 amide bonds. The Labute approximate surface area is 148 Å². The quantitative estimate of drug-likeness (QED) is 0.676. The van der Waals surface area contributed by atoms with Crippen molar-refractivity contribution < 1.29 is 19.4 Å². The molecule has 0 saturated heterocycles. The van der Waals surface area contributed by atoms with E-state index in [0.29, 0.717) is 36.8 Å². The molecule has 0 aliphatic heterocycles. The molecule has 0 aromatic heterocycles. The highest BCUT2D eigenvalue weighted by Crippen LogP contribution is 2.31. The number of carboxylic acids is 1. The van der Waals surface area contributed by atoms with Crippen LogP contribution in [0.3, 0.4) is 0 Å². The van der Waals surface area contributed by atoms with E-state index >= 15 is 0 Å². The number of aliphatic carboxylic acids is 1. The number of hydrogen-bond acceptors (Lipinski definition) is 4. The SMILES string of the molecule is CCCOc1ccc(CC(C(=O)O)c2ccc(N)cc2)cc1OCC. The molecule has 0 heterocycles. The molecule has 0 spiro atoms. The number of rotatable bonds is 9. The molecule has 0 saturated carbocycles. The number of anilines is 1. The van der Waals surface area contributed by atoms with Crippen molar-refractivity contribution >= 4 is 11.7 Å². The van der Waals surface area contributed by atoms with Crippen molar-refractivity contribution in [3.63, 3.8) is 0 Å². The van der Waals surface area contributed by atoms with E-state index < -0.39 is 11.9 Å². The number of carboxylic acid groups (broad SMARTS) is 1. The van der Waals surface area contributed by atoms with Crippen molar-refractivity contribution in [1.29, 1.82) is 0 Å². The second kappa shape index (κ2) is 8.97. The van der Waals surface area contributed by atoms with Crippen molar-refractivity contribution in [2.24, 2.45) is 0 Å². The first-order valence-corrected chi connectivity index (χ1v) is 8.51. The van der Waals surface area contributed by atoms with Crippen molar-refractivity contribution in [2.45, 2.75) is 32.6 Å². The van der Waals surface area contributed by atoms with Crippen LogP contribution in [0.25, 0.3) is 0 Å². The standard InChI is InChI=1S/C20H25NO4/c1-3-11-25-18-10-5-14(13-19(18)24-4-2)12-17(20(22)23)15-6-8-16(21)9-7-15/h5-10,13,17H,3-4,11-12,21H2,1-2H3,(H,22,23). The zero-order valence-corrected chi connectivity index (χ0v) is 14.7. The number of ether oxygens (including phenoxy) is 2. The Bertz CT molecular complexity index is 697. The molecule has 2 rings (SSSR count). The summed E-state index contributed by atoms with van der Waals surface area (Å²) >= 11 is 0. The zero-order valence-electron chi connectivity index (χ0n) is 14.7. The van der Waals surface area contributed by atoms with Crippen LogP contribution in [-0.2, 0) is 11.2 Å². The van der Waals surface area contributed by atoms with E-state index in [1.165, 1.54) is 0 Å². The van der Waals surface area contributed by atoms with Crippen molar-refractivity contribution in [2.75, 3.05) is 18.9 Å². The number of carbonyl (C=O) groups is 1. The number of benzene rings is 2. The maximum absolute atomic E-state index is 11.7. The minimum absolute atomic E-state index is 0.368. The van der Waals surface area contributed by atoms with Crippen LogP contribution >= 0.6 is 0 Å². The lowest BCUT2D eigenvalue weighted by Gasteiger charge is -2.16. The average Bonchev–Trinajstić information content (AvgIpc) is 2.60. The topological polar surface area (TPSA) is 81.8 Å². The van der Waals surface area contributed by atoms with E-state index in [0.717, 1.165) is 17.5 Å². The Morgan fingerprint density at radius 1 is 1.08 bits per heavy atom. The third-order valence-electron chi connectivity index (χ3n) is 3.85. The monoisotopic (exact) mass is 343 g/mol. The largest absolute Gasteiger partial charge is 0.490 e. The lowest BCUT2D eigenvalue weighted by Crippen LogP contribution is -2.14. The summed E-state index contributed by atoms with van der Waals surface area (Å²) in [5.41, 5.74) is 7.92. The first-order valence-electron chi connectivity index (χ1n) is 8.51. The van der Waals surface area contributed by atoms with Crippen LogP contribution in [0, 0.1) is 0 Å². The van der Waals surface area contributed by atoms with Gasteiger partial charge in [-0.15, -0.1) is 0 Å². The van der Waals surface area contributed by atoms with Crippen molar-refractivity contribution in [3.05, 3.63) is 53.6 Å². The first kappa shape index (κ1) is 18.6. The van der Waals surface area contributed by atoms with Crippen molar-refractivity contribution in [1.82, 2.24) is 0 Å². The van der Waals surface area contributed by atoms with Gasteiger partial charge in [-0.2, -0.15) is 0 Å². The molecule has 5 nitrogen and oxygen atoms in total. The lowest BCUT2D eigenvalue weighted by atomic mass is 9.92. The van der Waals surface area contributed by atoms with Gasteiger partial charge in [0.15, 0.2) is 11.5 Å². The molecular weight excluding hydrogens is 318 g/mol. The minimum Gasteiger partial charge on any atom is -0.490 e. The molecule has 134 valence electrons. The predicted octanol–water partition coefficient (Wildman–Crippen LogP) is 3.87. The Balaban J connectivity index is 2.25. The van der Waals surface area contributed by atoms with Gasteiger partial charge in [0.2, 0.25) is 0 Å². The van der Waals surface area contributed by atoms with Gasteiger partial charge in [-0.25, -0.2) is 0 Å². The van der Waals surface area contributed by atoms with Crippen LogP contribution in [0.1, 0.15) is 37.3 Å². The molecule has 0 radical (unpaired) electrons. The van der Waals surface area contributed by atoms with Crippen LogP contribution in [-0.4, -0.2) is 24.3 Å². The second-order valence-corrected chi connectivity index (χ2v) is 5.82. The van der Waals surface area contributed by atoms with E-state index in [2.05, 4.69) is 0 Å². The molecule has 2 aromatic carbocycles. The molecule has 0 bridgehead atoms. The van der Waals surface area contributed by atoms with Gasteiger partial charge in [-0.3, -0.25) is 4.79 Å². The molecule has 25 heavy (non-hydrogen) atoms. The molecule has 2 aromatic rings. The van der Waals surface area contributed by atoms with Crippen LogP contribution in [0.2, 0.25) is 0 Å². The fraction of sp³-hybridized carbons (Fsp3) is 0.350. The molecular formula is C20H25NO4. The summed E-state index contributed by atoms with van der Waals surface area (Å²) in [6.45, 7) is 5.08. The summed E-state index contributed by atoms with van der Waals surface area (Å²) in [6.07, 6.45) is 1.28. The summed E-state index contributed by atoms with van der Waals surface area (Å²) in [5, 5.41) is 9.61. The van der Waals surface area contributed by atoms with Gasteiger partial charge in [0.05, 0.1) is 19.1 Å². The highest BCUT2D eigenvalue weighted by atomic mass is 16.5. The smallest absolute Gasteiger partial charge is 0.311 e. The summed E-state index contributed by atoms with van der Waals surface area (Å²) in [7, 11) is 0. The third-order valence-corrected chi connectivity index (χ3v) is 3.85. The maximum Gasteiger partial charge on any atom is 0.311 e. The number of hydrogen-bond donors (Lipinski definition) is 2. The number of nitrogen functional groups attached to an aromatic ring is 1. The number of nitrogens with two attached hydrogens (primary N) is 1. The fourth-order valence-electron chi connectivity index (χ4n) is 2.59. The molecule has 0 aliphatic carbocycles. The van der Waals surface area contributed by atoms with E-state index in [1.54, 1.807) is 24.3 Å². The molecule has 5 heteroatoms. The van der Waals surface area contributed by atoms with E-state index in [1.807, 2.05) is 32.0 Å². The molecule has 1 atom stereocenters. The van der Waals surface area contributed by atoms with Crippen molar-refractivity contribution in [3.8, 4) is 11.5 Å². The summed E-state index contributed by atoms with van der Waals surface area (Å²) < 4.78 is 11.3. The van der Waals surface area contributed by atoms with Crippen LogP contribution in [0.5, 0.6) is 11.5 Å². The Kier molecular flexibility index (Phi) is 6.69. The van der Waals surface area contributed by atoms with Gasteiger partial charge in [0.25, 0.3) is 0 Å².